The normalized spacial score (nSPS) is 10.7. The summed E-state index contributed by atoms with van der Waals surface area (Å²) in [5.41, 5.74) is 2.89. The number of halogens is 1. The highest BCUT2D eigenvalue weighted by Crippen LogP contribution is 2.20. The predicted molar refractivity (Wildman–Crippen MR) is 105 cm³/mol. The van der Waals surface area contributed by atoms with Gasteiger partial charge < -0.3 is 10.2 Å². The van der Waals surface area contributed by atoms with Gasteiger partial charge in [-0.3, -0.25) is 14.5 Å². The number of likely N-dealkylation sites (N-methyl/N-ethyl adjacent to an activating group) is 2. The van der Waals surface area contributed by atoms with Crippen molar-refractivity contribution < 1.29 is 9.59 Å². The van der Waals surface area contributed by atoms with Gasteiger partial charge in [0, 0.05) is 13.6 Å². The van der Waals surface area contributed by atoms with Crippen molar-refractivity contribution in [3.05, 3.63) is 64.7 Å². The molecule has 0 aliphatic heterocycles. The molecular weight excluding hydrogens is 350 g/mol. The van der Waals surface area contributed by atoms with Crippen LogP contribution in [0.1, 0.15) is 11.1 Å². The molecular formula is C20H24ClN3O2. The molecule has 0 saturated carbocycles. The zero-order valence-corrected chi connectivity index (χ0v) is 16.1. The molecule has 0 unspecified atom stereocenters. The van der Waals surface area contributed by atoms with E-state index in [9.17, 15) is 9.59 Å². The summed E-state index contributed by atoms with van der Waals surface area (Å²) in [4.78, 5) is 27.8. The molecule has 5 nitrogen and oxygen atoms in total. The number of anilines is 1. The zero-order valence-electron chi connectivity index (χ0n) is 15.3. The van der Waals surface area contributed by atoms with Crippen molar-refractivity contribution in [2.24, 2.45) is 0 Å². The van der Waals surface area contributed by atoms with Gasteiger partial charge in [0.05, 0.1) is 23.8 Å². The van der Waals surface area contributed by atoms with Gasteiger partial charge in [0.15, 0.2) is 0 Å². The maximum Gasteiger partial charge on any atom is 0.244 e. The van der Waals surface area contributed by atoms with Crippen LogP contribution in [-0.4, -0.2) is 48.8 Å². The summed E-state index contributed by atoms with van der Waals surface area (Å²) < 4.78 is 0. The topological polar surface area (TPSA) is 52.7 Å². The summed E-state index contributed by atoms with van der Waals surface area (Å²) in [5.74, 6) is -0.399. The third-order valence-electron chi connectivity index (χ3n) is 3.93. The molecule has 2 aromatic carbocycles. The lowest BCUT2D eigenvalue weighted by molar-refractivity contribution is -0.134. The summed E-state index contributed by atoms with van der Waals surface area (Å²) >= 11 is 6.02. The molecule has 0 bridgehead atoms. The van der Waals surface area contributed by atoms with E-state index in [0.717, 1.165) is 5.56 Å². The van der Waals surface area contributed by atoms with E-state index in [1.165, 1.54) is 10.5 Å². The Labute approximate surface area is 159 Å². The van der Waals surface area contributed by atoms with E-state index < -0.39 is 0 Å². The van der Waals surface area contributed by atoms with Gasteiger partial charge in [-0.2, -0.15) is 0 Å². The highest BCUT2D eigenvalue weighted by molar-refractivity contribution is 6.33. The van der Waals surface area contributed by atoms with Crippen LogP contribution in [0.2, 0.25) is 5.02 Å². The van der Waals surface area contributed by atoms with Gasteiger partial charge in [0.2, 0.25) is 11.8 Å². The van der Waals surface area contributed by atoms with Gasteiger partial charge >= 0.3 is 0 Å². The van der Waals surface area contributed by atoms with Crippen molar-refractivity contribution in [3.8, 4) is 0 Å². The maximum atomic E-state index is 12.3. The molecule has 0 atom stereocenters. The first-order valence-electron chi connectivity index (χ1n) is 8.37. The van der Waals surface area contributed by atoms with Crippen LogP contribution in [0.4, 0.5) is 5.69 Å². The van der Waals surface area contributed by atoms with Crippen molar-refractivity contribution in [1.82, 2.24) is 9.80 Å². The van der Waals surface area contributed by atoms with Crippen LogP contribution in [0.15, 0.2) is 48.5 Å². The van der Waals surface area contributed by atoms with Crippen LogP contribution in [-0.2, 0) is 16.1 Å². The molecule has 0 fully saturated rings. The van der Waals surface area contributed by atoms with E-state index >= 15 is 0 Å². The Morgan fingerprint density at radius 1 is 1.00 bits per heavy atom. The molecule has 2 amide bonds. The van der Waals surface area contributed by atoms with Crippen molar-refractivity contribution in [3.63, 3.8) is 0 Å². The number of hydrogen-bond acceptors (Lipinski definition) is 3. The van der Waals surface area contributed by atoms with Crippen LogP contribution >= 0.6 is 11.6 Å². The SMILES string of the molecule is Cc1ccc(CN(C)CC(=O)N(C)CC(=O)Nc2ccccc2Cl)cc1. The van der Waals surface area contributed by atoms with Gasteiger partial charge in [0.25, 0.3) is 0 Å². The summed E-state index contributed by atoms with van der Waals surface area (Å²) in [7, 11) is 3.50. The van der Waals surface area contributed by atoms with E-state index in [1.54, 1.807) is 31.3 Å². The molecule has 0 aliphatic carbocycles. The minimum atomic E-state index is -0.282. The van der Waals surface area contributed by atoms with Crippen molar-refractivity contribution in [2.45, 2.75) is 13.5 Å². The molecule has 0 aliphatic rings. The Hall–Kier alpha value is -2.37. The summed E-state index contributed by atoms with van der Waals surface area (Å²) in [5, 5.41) is 3.18. The Balaban J connectivity index is 1.81. The van der Waals surface area contributed by atoms with Crippen LogP contribution in [0.5, 0.6) is 0 Å². The molecule has 1 N–H and O–H groups in total. The number of benzene rings is 2. The van der Waals surface area contributed by atoms with E-state index in [1.807, 2.05) is 18.9 Å². The molecule has 0 aromatic heterocycles. The van der Waals surface area contributed by atoms with Crippen molar-refractivity contribution in [2.75, 3.05) is 32.5 Å². The minimum absolute atomic E-state index is 0.0254. The Morgan fingerprint density at radius 2 is 1.65 bits per heavy atom. The second-order valence-electron chi connectivity index (χ2n) is 6.44. The number of amides is 2. The summed E-state index contributed by atoms with van der Waals surface area (Å²) in [6.45, 7) is 2.93. The monoisotopic (exact) mass is 373 g/mol. The first-order valence-corrected chi connectivity index (χ1v) is 8.75. The molecule has 0 saturated heterocycles. The number of carbonyl (C=O) groups is 2. The van der Waals surface area contributed by atoms with Crippen molar-refractivity contribution >= 4 is 29.1 Å². The molecule has 0 radical (unpaired) electrons. The molecule has 2 rings (SSSR count). The van der Waals surface area contributed by atoms with Crippen LogP contribution in [0, 0.1) is 6.92 Å². The quantitative estimate of drug-likeness (QED) is 0.811. The summed E-state index contributed by atoms with van der Waals surface area (Å²) in [6, 6.07) is 15.2. The van der Waals surface area contributed by atoms with Gasteiger partial charge in [0.1, 0.15) is 0 Å². The Morgan fingerprint density at radius 3 is 2.31 bits per heavy atom. The molecule has 0 spiro atoms. The number of para-hydroxylation sites is 1. The highest BCUT2D eigenvalue weighted by Gasteiger charge is 2.15. The zero-order chi connectivity index (χ0) is 19.1. The van der Waals surface area contributed by atoms with Gasteiger partial charge in [-0.1, -0.05) is 53.6 Å². The number of carbonyl (C=O) groups excluding carboxylic acids is 2. The first-order chi connectivity index (χ1) is 12.3. The largest absolute Gasteiger partial charge is 0.335 e. The highest BCUT2D eigenvalue weighted by atomic mass is 35.5. The average Bonchev–Trinajstić information content (AvgIpc) is 2.58. The van der Waals surface area contributed by atoms with Gasteiger partial charge in [-0.25, -0.2) is 0 Å². The first kappa shape index (κ1) is 19.9. The Kier molecular flexibility index (Phi) is 7.18. The lowest BCUT2D eigenvalue weighted by atomic mass is 10.1. The van der Waals surface area contributed by atoms with E-state index in [4.69, 9.17) is 11.6 Å². The standard InChI is InChI=1S/C20H24ClN3O2/c1-15-8-10-16(11-9-15)12-23(2)14-20(26)24(3)13-19(25)22-18-7-5-4-6-17(18)21/h4-11H,12-14H2,1-3H3,(H,22,25). The molecule has 2 aromatic rings. The van der Waals surface area contributed by atoms with Crippen LogP contribution in [0.25, 0.3) is 0 Å². The second-order valence-corrected chi connectivity index (χ2v) is 6.84. The maximum absolute atomic E-state index is 12.3. The number of rotatable bonds is 7. The number of nitrogens with zero attached hydrogens (tertiary/aromatic N) is 2. The third kappa shape index (κ3) is 6.17. The fourth-order valence-corrected chi connectivity index (χ4v) is 2.65. The molecule has 138 valence electrons. The van der Waals surface area contributed by atoms with Crippen LogP contribution in [0.3, 0.4) is 0 Å². The van der Waals surface area contributed by atoms with Gasteiger partial charge in [-0.15, -0.1) is 0 Å². The minimum Gasteiger partial charge on any atom is -0.335 e. The van der Waals surface area contributed by atoms with E-state index in [2.05, 4.69) is 29.6 Å². The molecule has 0 heterocycles. The lowest BCUT2D eigenvalue weighted by Gasteiger charge is -2.21. The fourth-order valence-electron chi connectivity index (χ4n) is 2.47. The average molecular weight is 374 g/mol. The Bertz CT molecular complexity index is 762. The van der Waals surface area contributed by atoms with Crippen molar-refractivity contribution in [1.29, 1.82) is 0 Å². The lowest BCUT2D eigenvalue weighted by Crippen LogP contribution is -2.40. The number of nitrogens with one attached hydrogen (secondary N) is 1. The van der Waals surface area contributed by atoms with E-state index in [-0.39, 0.29) is 24.9 Å². The number of aryl methyl sites for hydroxylation is 1. The smallest absolute Gasteiger partial charge is 0.244 e. The predicted octanol–water partition coefficient (Wildman–Crippen LogP) is 3.18. The van der Waals surface area contributed by atoms with E-state index in [0.29, 0.717) is 17.3 Å². The molecule has 26 heavy (non-hydrogen) atoms. The molecule has 6 heteroatoms. The summed E-state index contributed by atoms with van der Waals surface area (Å²) in [6.07, 6.45) is 0. The third-order valence-corrected chi connectivity index (χ3v) is 4.26. The van der Waals surface area contributed by atoms with Gasteiger partial charge in [-0.05, 0) is 31.7 Å². The second kappa shape index (κ2) is 9.36. The number of hydrogen-bond donors (Lipinski definition) is 1. The fraction of sp³-hybridized carbons (Fsp3) is 0.300. The van der Waals surface area contributed by atoms with Crippen LogP contribution < -0.4 is 5.32 Å².